The lowest BCUT2D eigenvalue weighted by Crippen LogP contribution is -2.56. The van der Waals surface area contributed by atoms with E-state index < -0.39 is 38.3 Å². The average Bonchev–Trinajstić information content (AvgIpc) is 2.60. The van der Waals surface area contributed by atoms with E-state index in [1.807, 2.05) is 5.70 Å². The standard InChI is InChI=1S/C18H30F5NO2Si/c1-4-27(2,3)15-10-8-9-14(13-15)24-16(25)17(19,18(20,21)22)11-6-5-7-12-26-23/h4,14-15H,1,5-13H2,2-3H3,(H,24,25). The van der Waals surface area contributed by atoms with E-state index in [0.29, 0.717) is 18.4 Å². The zero-order valence-corrected chi connectivity index (χ0v) is 17.0. The van der Waals surface area contributed by atoms with Crippen LogP contribution in [0.1, 0.15) is 51.4 Å². The van der Waals surface area contributed by atoms with Gasteiger partial charge < -0.3 is 5.32 Å². The monoisotopic (exact) mass is 415 g/mol. The number of nitrogens with one attached hydrogen (secondary N) is 1. The minimum absolute atomic E-state index is 0.142. The van der Waals surface area contributed by atoms with Crippen LogP contribution in [0.2, 0.25) is 18.6 Å². The zero-order valence-electron chi connectivity index (χ0n) is 16.0. The number of hydrogen-bond donors (Lipinski definition) is 1. The zero-order chi connectivity index (χ0) is 20.7. The molecule has 1 amide bonds. The lowest BCUT2D eigenvalue weighted by Gasteiger charge is -2.38. The molecule has 1 aliphatic rings. The summed E-state index contributed by atoms with van der Waals surface area (Å²) in [5.74, 6) is -1.61. The molecule has 0 heterocycles. The summed E-state index contributed by atoms with van der Waals surface area (Å²) in [5, 5.41) is 2.31. The van der Waals surface area contributed by atoms with Crippen molar-refractivity contribution in [2.45, 2.75) is 87.9 Å². The van der Waals surface area contributed by atoms with E-state index in [4.69, 9.17) is 0 Å². The molecule has 3 atom stereocenters. The molecule has 1 rings (SSSR count). The Hall–Kier alpha value is -0.963. The summed E-state index contributed by atoms with van der Waals surface area (Å²) in [7, 11) is -1.73. The van der Waals surface area contributed by atoms with Gasteiger partial charge in [-0.3, -0.25) is 4.79 Å². The molecule has 3 unspecified atom stereocenters. The third-order valence-corrected chi connectivity index (χ3v) is 9.32. The number of rotatable bonds is 10. The molecule has 9 heteroatoms. The SMILES string of the molecule is C=C[Si](C)(C)C1CCCC(NC(=O)C(F)(CCCCCOF)C(F)(F)F)C1. The molecule has 1 fully saturated rings. The highest BCUT2D eigenvalue weighted by Crippen LogP contribution is 2.41. The van der Waals surface area contributed by atoms with Crippen molar-refractivity contribution in [2.75, 3.05) is 6.61 Å². The van der Waals surface area contributed by atoms with Gasteiger partial charge in [-0.2, -0.15) is 18.1 Å². The molecule has 158 valence electrons. The first-order valence-corrected chi connectivity index (χ1v) is 12.6. The van der Waals surface area contributed by atoms with Crippen molar-refractivity contribution in [1.29, 1.82) is 0 Å². The number of alkyl halides is 4. The highest BCUT2D eigenvalue weighted by atomic mass is 28.3. The van der Waals surface area contributed by atoms with Crippen LogP contribution in [0.25, 0.3) is 0 Å². The Morgan fingerprint density at radius 1 is 1.22 bits per heavy atom. The second kappa shape index (κ2) is 10.00. The molecule has 0 radical (unpaired) electrons. The van der Waals surface area contributed by atoms with Gasteiger partial charge in [0.2, 0.25) is 0 Å². The second-order valence-electron chi connectivity index (χ2n) is 7.98. The van der Waals surface area contributed by atoms with Crippen LogP contribution in [0.15, 0.2) is 12.3 Å². The van der Waals surface area contributed by atoms with Gasteiger partial charge in [-0.1, -0.05) is 32.4 Å². The number of hydrogen-bond acceptors (Lipinski definition) is 2. The third kappa shape index (κ3) is 6.55. The van der Waals surface area contributed by atoms with Crippen LogP contribution >= 0.6 is 0 Å². The molecule has 0 aromatic heterocycles. The summed E-state index contributed by atoms with van der Waals surface area (Å²) in [6.45, 7) is 7.85. The Morgan fingerprint density at radius 3 is 2.44 bits per heavy atom. The van der Waals surface area contributed by atoms with Gasteiger partial charge in [-0.05, 0) is 42.2 Å². The largest absolute Gasteiger partial charge is 0.431 e. The fraction of sp³-hybridized carbons (Fsp3) is 0.833. The molecule has 27 heavy (non-hydrogen) atoms. The molecule has 1 saturated carbocycles. The molecule has 1 N–H and O–H groups in total. The van der Waals surface area contributed by atoms with Gasteiger partial charge in [0.05, 0.1) is 14.7 Å². The lowest BCUT2D eigenvalue weighted by atomic mass is 9.92. The van der Waals surface area contributed by atoms with E-state index in [0.717, 1.165) is 12.8 Å². The molecule has 0 aromatic carbocycles. The summed E-state index contributed by atoms with van der Waals surface area (Å²) in [4.78, 5) is 15.6. The Balaban J connectivity index is 2.74. The van der Waals surface area contributed by atoms with Gasteiger partial charge in [0.1, 0.15) is 0 Å². The van der Waals surface area contributed by atoms with Crippen molar-refractivity contribution >= 4 is 14.0 Å². The second-order valence-corrected chi connectivity index (χ2v) is 12.8. The van der Waals surface area contributed by atoms with E-state index in [1.54, 1.807) is 0 Å². The summed E-state index contributed by atoms with van der Waals surface area (Å²) < 4.78 is 66.1. The van der Waals surface area contributed by atoms with Gasteiger partial charge >= 0.3 is 6.18 Å². The summed E-state index contributed by atoms with van der Waals surface area (Å²) in [5.41, 5.74) is -1.69. The highest BCUT2D eigenvalue weighted by Gasteiger charge is 2.61. The Labute approximate surface area is 158 Å². The van der Waals surface area contributed by atoms with Gasteiger partial charge in [0.25, 0.3) is 11.6 Å². The smallest absolute Gasteiger partial charge is 0.350 e. The van der Waals surface area contributed by atoms with Crippen LogP contribution < -0.4 is 5.32 Å². The molecule has 0 aliphatic heterocycles. The quantitative estimate of drug-likeness (QED) is 0.287. The topological polar surface area (TPSA) is 38.3 Å². The number of halogens is 5. The van der Waals surface area contributed by atoms with Crippen LogP contribution in [-0.4, -0.2) is 38.5 Å². The molecule has 0 bridgehead atoms. The number of carbonyl (C=O) groups is 1. The lowest BCUT2D eigenvalue weighted by molar-refractivity contribution is -0.229. The minimum atomic E-state index is -5.29. The van der Waals surface area contributed by atoms with Gasteiger partial charge in [0.15, 0.2) is 0 Å². The molecular formula is C18H30F5NO2Si. The van der Waals surface area contributed by atoms with Gasteiger partial charge in [0, 0.05) is 6.04 Å². The molecule has 1 aliphatic carbocycles. The molecule has 0 saturated heterocycles. The first-order chi connectivity index (χ1) is 12.5. The maximum absolute atomic E-state index is 14.7. The van der Waals surface area contributed by atoms with Gasteiger partial charge in [-0.25, -0.2) is 4.39 Å². The maximum atomic E-state index is 14.7. The van der Waals surface area contributed by atoms with E-state index in [9.17, 15) is 26.9 Å². The van der Waals surface area contributed by atoms with Gasteiger partial charge in [-0.15, -0.1) is 12.3 Å². The van der Waals surface area contributed by atoms with Crippen molar-refractivity contribution in [1.82, 2.24) is 5.32 Å². The predicted molar refractivity (Wildman–Crippen MR) is 97.2 cm³/mol. The van der Waals surface area contributed by atoms with Crippen molar-refractivity contribution in [3.63, 3.8) is 0 Å². The van der Waals surface area contributed by atoms with Crippen molar-refractivity contribution in [3.8, 4) is 0 Å². The molecule has 0 spiro atoms. The first-order valence-electron chi connectivity index (χ1n) is 9.41. The van der Waals surface area contributed by atoms with Crippen LogP contribution in [0, 0.1) is 0 Å². The van der Waals surface area contributed by atoms with Crippen LogP contribution in [-0.2, 0) is 9.74 Å². The maximum Gasteiger partial charge on any atom is 0.431 e. The van der Waals surface area contributed by atoms with E-state index in [2.05, 4.69) is 29.9 Å². The highest BCUT2D eigenvalue weighted by molar-refractivity contribution is 6.83. The summed E-state index contributed by atoms with van der Waals surface area (Å²) in [6, 6.07) is -0.458. The fourth-order valence-corrected chi connectivity index (χ4v) is 5.72. The van der Waals surface area contributed by atoms with Crippen molar-refractivity contribution in [3.05, 3.63) is 12.3 Å². The normalized spacial score (nSPS) is 23.5. The van der Waals surface area contributed by atoms with Crippen LogP contribution in [0.3, 0.4) is 0 Å². The van der Waals surface area contributed by atoms with E-state index in [-0.39, 0.29) is 25.9 Å². The number of carbonyl (C=O) groups excluding carboxylic acids is 1. The minimum Gasteiger partial charge on any atom is -0.350 e. The molecule has 3 nitrogen and oxygen atoms in total. The Kier molecular flexibility index (Phi) is 8.92. The molecular weight excluding hydrogens is 385 g/mol. The van der Waals surface area contributed by atoms with Crippen molar-refractivity contribution < 1.29 is 31.8 Å². The Morgan fingerprint density at radius 2 is 1.89 bits per heavy atom. The Bertz CT molecular complexity index is 501. The third-order valence-electron chi connectivity index (χ3n) is 5.64. The molecule has 0 aromatic rings. The van der Waals surface area contributed by atoms with E-state index in [1.165, 1.54) is 0 Å². The number of amides is 1. The first kappa shape index (κ1) is 24.1. The van der Waals surface area contributed by atoms with Crippen molar-refractivity contribution in [2.24, 2.45) is 0 Å². The number of unbranched alkanes of at least 4 members (excludes halogenated alkanes) is 2. The summed E-state index contributed by atoms with van der Waals surface area (Å²) >= 11 is 0. The van der Waals surface area contributed by atoms with Crippen LogP contribution in [0.5, 0.6) is 0 Å². The van der Waals surface area contributed by atoms with E-state index >= 15 is 0 Å². The average molecular weight is 416 g/mol. The predicted octanol–water partition coefficient (Wildman–Crippen LogP) is 5.58. The fourth-order valence-electron chi connectivity index (χ4n) is 3.55. The summed E-state index contributed by atoms with van der Waals surface area (Å²) in [6.07, 6.45) is -3.31. The van der Waals surface area contributed by atoms with Crippen LogP contribution in [0.4, 0.5) is 22.1 Å².